The van der Waals surface area contributed by atoms with Crippen molar-refractivity contribution in [1.29, 1.82) is 0 Å². The summed E-state index contributed by atoms with van der Waals surface area (Å²) in [5.41, 5.74) is 1.78. The molecule has 3 aromatic rings. The summed E-state index contributed by atoms with van der Waals surface area (Å²) in [6.45, 7) is 0. The third-order valence-corrected chi connectivity index (χ3v) is 3.19. The Morgan fingerprint density at radius 1 is 0.957 bits per heavy atom. The van der Waals surface area contributed by atoms with Crippen LogP contribution >= 0.6 is 0 Å². The van der Waals surface area contributed by atoms with E-state index in [1.165, 1.54) is 30.5 Å². The Morgan fingerprint density at radius 3 is 2.26 bits per heavy atom. The number of carbonyl (C=O) groups excluding carboxylic acids is 1. The van der Waals surface area contributed by atoms with Crippen LogP contribution in [0, 0.1) is 5.82 Å². The van der Waals surface area contributed by atoms with Gasteiger partial charge in [0.2, 0.25) is 0 Å². The minimum Gasteiger partial charge on any atom is -0.508 e. The number of rotatable bonds is 3. The molecule has 5 heteroatoms. The van der Waals surface area contributed by atoms with Crippen molar-refractivity contribution in [1.82, 2.24) is 4.98 Å². The van der Waals surface area contributed by atoms with Gasteiger partial charge in [-0.2, -0.15) is 0 Å². The topological polar surface area (TPSA) is 59.4 Å². The van der Waals surface area contributed by atoms with Crippen LogP contribution in [-0.4, -0.2) is 16.1 Å². The van der Waals surface area contributed by atoms with Gasteiger partial charge in [0.25, 0.3) is 0 Å². The predicted octanol–water partition coefficient (Wildman–Crippen LogP) is 3.81. The summed E-state index contributed by atoms with van der Waals surface area (Å²) >= 11 is 0. The summed E-state index contributed by atoms with van der Waals surface area (Å²) in [6, 6.07) is 15.1. The highest BCUT2D eigenvalue weighted by Gasteiger charge is 2.09. The number of pyridine rings is 1. The number of hydrogen-bond acceptors (Lipinski definition) is 4. The molecule has 0 unspecified atom stereocenters. The molecule has 0 saturated carbocycles. The normalized spacial score (nSPS) is 10.3. The molecule has 3 rings (SSSR count). The molecule has 1 N–H and O–H groups in total. The van der Waals surface area contributed by atoms with E-state index >= 15 is 0 Å². The first-order valence-electron chi connectivity index (χ1n) is 6.85. The van der Waals surface area contributed by atoms with Gasteiger partial charge >= 0.3 is 5.97 Å². The van der Waals surface area contributed by atoms with E-state index in [4.69, 9.17) is 4.74 Å². The molecule has 0 aliphatic carbocycles. The van der Waals surface area contributed by atoms with E-state index in [2.05, 4.69) is 4.98 Å². The Balaban J connectivity index is 1.73. The number of benzene rings is 2. The lowest BCUT2D eigenvalue weighted by molar-refractivity contribution is 0.0734. The average molecular weight is 309 g/mol. The molecule has 0 saturated heterocycles. The molecule has 23 heavy (non-hydrogen) atoms. The number of phenolic OH excluding ortho intramolecular Hbond substituents is 1. The van der Waals surface area contributed by atoms with Gasteiger partial charge in [0.05, 0.1) is 17.5 Å². The number of carbonyl (C=O) groups is 1. The Bertz CT molecular complexity index is 812. The minimum absolute atomic E-state index is 0.179. The van der Waals surface area contributed by atoms with Crippen molar-refractivity contribution in [2.45, 2.75) is 0 Å². The molecule has 114 valence electrons. The summed E-state index contributed by atoms with van der Waals surface area (Å²) in [5.74, 6) is -0.522. The van der Waals surface area contributed by atoms with Crippen molar-refractivity contribution in [3.63, 3.8) is 0 Å². The maximum atomic E-state index is 12.8. The van der Waals surface area contributed by atoms with Crippen LogP contribution in [0.5, 0.6) is 11.5 Å². The fourth-order valence-electron chi connectivity index (χ4n) is 2.00. The van der Waals surface area contributed by atoms with Gasteiger partial charge in [-0.15, -0.1) is 0 Å². The van der Waals surface area contributed by atoms with E-state index in [1.807, 2.05) is 0 Å². The SMILES string of the molecule is O=C(Oc1ccc(-c2ccc(O)cc2)nc1)c1ccc(F)cc1. The number of halogens is 1. The molecule has 0 aliphatic rings. The number of phenols is 1. The molecule has 0 aliphatic heterocycles. The van der Waals surface area contributed by atoms with Crippen molar-refractivity contribution >= 4 is 5.97 Å². The molecule has 0 amide bonds. The number of esters is 1. The number of nitrogens with zero attached hydrogens (tertiary/aromatic N) is 1. The third-order valence-electron chi connectivity index (χ3n) is 3.19. The van der Waals surface area contributed by atoms with Gasteiger partial charge in [0.1, 0.15) is 17.3 Å². The van der Waals surface area contributed by atoms with Crippen LogP contribution in [0.2, 0.25) is 0 Å². The summed E-state index contributed by atoms with van der Waals surface area (Å²) in [4.78, 5) is 16.1. The second kappa shape index (κ2) is 6.27. The molecule has 0 bridgehead atoms. The van der Waals surface area contributed by atoms with E-state index in [-0.39, 0.29) is 11.3 Å². The van der Waals surface area contributed by atoms with Crippen molar-refractivity contribution in [2.75, 3.05) is 0 Å². The third kappa shape index (κ3) is 3.52. The molecule has 0 spiro atoms. The second-order valence-corrected chi connectivity index (χ2v) is 4.82. The molecular weight excluding hydrogens is 297 g/mol. The van der Waals surface area contributed by atoms with Gasteiger partial charge in [0.15, 0.2) is 0 Å². The number of hydrogen-bond donors (Lipinski definition) is 1. The quantitative estimate of drug-likeness (QED) is 0.747. The highest BCUT2D eigenvalue weighted by molar-refractivity contribution is 5.90. The molecule has 2 aromatic carbocycles. The summed E-state index contributed by atoms with van der Waals surface area (Å²) < 4.78 is 18.0. The van der Waals surface area contributed by atoms with Crippen molar-refractivity contribution in [3.05, 3.63) is 78.2 Å². The lowest BCUT2D eigenvalue weighted by atomic mass is 10.1. The van der Waals surface area contributed by atoms with Gasteiger partial charge < -0.3 is 9.84 Å². The summed E-state index contributed by atoms with van der Waals surface area (Å²) in [6.07, 6.45) is 1.43. The maximum absolute atomic E-state index is 12.8. The number of aromatic hydroxyl groups is 1. The van der Waals surface area contributed by atoms with Crippen molar-refractivity contribution < 1.29 is 19.0 Å². The van der Waals surface area contributed by atoms with Crippen LogP contribution in [0.3, 0.4) is 0 Å². The van der Waals surface area contributed by atoms with Crippen LogP contribution in [0.4, 0.5) is 4.39 Å². The number of ether oxygens (including phenoxy) is 1. The highest BCUT2D eigenvalue weighted by atomic mass is 19.1. The Kier molecular flexibility index (Phi) is 4.01. The molecular formula is C18H12FNO3. The Hall–Kier alpha value is -3.21. The van der Waals surface area contributed by atoms with Crippen LogP contribution in [0.15, 0.2) is 66.9 Å². The smallest absolute Gasteiger partial charge is 0.343 e. The maximum Gasteiger partial charge on any atom is 0.343 e. The van der Waals surface area contributed by atoms with Gasteiger partial charge in [-0.05, 0) is 60.7 Å². The first kappa shape index (κ1) is 14.7. The first-order chi connectivity index (χ1) is 11.1. The van der Waals surface area contributed by atoms with Crippen LogP contribution in [0.25, 0.3) is 11.3 Å². The summed E-state index contributed by atoms with van der Waals surface area (Å²) in [7, 11) is 0. The van der Waals surface area contributed by atoms with E-state index in [0.717, 1.165) is 5.56 Å². The van der Waals surface area contributed by atoms with Crippen LogP contribution < -0.4 is 4.74 Å². The van der Waals surface area contributed by atoms with E-state index in [0.29, 0.717) is 11.4 Å². The average Bonchev–Trinajstić information content (AvgIpc) is 2.57. The molecule has 4 nitrogen and oxygen atoms in total. The lowest BCUT2D eigenvalue weighted by Crippen LogP contribution is -2.08. The minimum atomic E-state index is -0.579. The fraction of sp³-hybridized carbons (Fsp3) is 0. The number of aromatic nitrogens is 1. The van der Waals surface area contributed by atoms with Crippen LogP contribution in [0.1, 0.15) is 10.4 Å². The Morgan fingerprint density at radius 2 is 1.65 bits per heavy atom. The van der Waals surface area contributed by atoms with Crippen LogP contribution in [-0.2, 0) is 0 Å². The first-order valence-corrected chi connectivity index (χ1v) is 6.85. The lowest BCUT2D eigenvalue weighted by Gasteiger charge is -2.05. The zero-order valence-electron chi connectivity index (χ0n) is 11.9. The molecule has 0 atom stereocenters. The van der Waals surface area contributed by atoms with E-state index in [1.54, 1.807) is 36.4 Å². The van der Waals surface area contributed by atoms with Crippen molar-refractivity contribution in [2.24, 2.45) is 0 Å². The second-order valence-electron chi connectivity index (χ2n) is 4.82. The molecule has 0 fully saturated rings. The zero-order valence-corrected chi connectivity index (χ0v) is 11.9. The van der Waals surface area contributed by atoms with Gasteiger partial charge in [-0.1, -0.05) is 0 Å². The molecule has 1 heterocycles. The van der Waals surface area contributed by atoms with Crippen molar-refractivity contribution in [3.8, 4) is 22.8 Å². The van der Waals surface area contributed by atoms with Gasteiger partial charge in [-0.25, -0.2) is 9.18 Å². The fourth-order valence-corrected chi connectivity index (χ4v) is 2.00. The monoisotopic (exact) mass is 309 g/mol. The van der Waals surface area contributed by atoms with E-state index in [9.17, 15) is 14.3 Å². The van der Waals surface area contributed by atoms with E-state index < -0.39 is 11.8 Å². The highest BCUT2D eigenvalue weighted by Crippen LogP contribution is 2.22. The summed E-state index contributed by atoms with van der Waals surface area (Å²) in [5, 5.41) is 9.27. The zero-order chi connectivity index (χ0) is 16.2. The molecule has 1 aromatic heterocycles. The standard InChI is InChI=1S/C18H12FNO3/c19-14-5-1-13(2-6-14)18(22)23-16-9-10-17(20-11-16)12-3-7-15(21)8-4-12/h1-11,21H. The predicted molar refractivity (Wildman–Crippen MR) is 82.7 cm³/mol. The Labute approximate surface area is 131 Å². The molecule has 0 radical (unpaired) electrons. The van der Waals surface area contributed by atoms with Gasteiger partial charge in [0, 0.05) is 5.56 Å². The van der Waals surface area contributed by atoms with Gasteiger partial charge in [-0.3, -0.25) is 4.98 Å². The largest absolute Gasteiger partial charge is 0.508 e.